The monoisotopic (exact) mass is 328 g/mol. The van der Waals surface area contributed by atoms with Crippen molar-refractivity contribution in [2.45, 2.75) is 41.0 Å². The quantitative estimate of drug-likeness (QED) is 0.415. The second-order valence-electron chi connectivity index (χ2n) is 6.60. The third-order valence-electron chi connectivity index (χ3n) is 5.00. The number of ketones is 4. The average molecular weight is 328 g/mol. The van der Waals surface area contributed by atoms with Crippen LogP contribution in [0.3, 0.4) is 0 Å². The molecule has 128 valence electrons. The highest BCUT2D eigenvalue weighted by molar-refractivity contribution is 6.14. The first-order valence-corrected chi connectivity index (χ1v) is 7.79. The molecule has 1 aromatic carbocycles. The van der Waals surface area contributed by atoms with Gasteiger partial charge in [0.05, 0.1) is 5.41 Å². The van der Waals surface area contributed by atoms with E-state index in [1.807, 2.05) is 0 Å². The average Bonchev–Trinajstić information content (AvgIpc) is 2.53. The summed E-state index contributed by atoms with van der Waals surface area (Å²) in [5.41, 5.74) is -2.07. The topological polar surface area (TPSA) is 68.3 Å². The van der Waals surface area contributed by atoms with Crippen molar-refractivity contribution in [3.05, 3.63) is 48.0 Å². The van der Waals surface area contributed by atoms with Crippen molar-refractivity contribution in [2.75, 3.05) is 0 Å². The van der Waals surface area contributed by atoms with Gasteiger partial charge in [-0.1, -0.05) is 42.5 Å². The molecular weight excluding hydrogens is 304 g/mol. The number of hydrogen-bond acceptors (Lipinski definition) is 4. The SMILES string of the molecule is C=C(CC(C)(C(C)=O)C(=O)c1ccccc1)C(C)(C(C)=O)C(C)=O. The standard InChI is InChI=1S/C20H24O4/c1-13(20(6,15(3)22)16(4)23)12-19(5,14(2)21)18(24)17-10-8-7-9-11-17/h7-11H,1,12H2,2-6H3. The molecule has 1 rings (SSSR count). The highest BCUT2D eigenvalue weighted by Crippen LogP contribution is 2.39. The molecule has 0 aliphatic rings. The molecule has 0 amide bonds. The first-order chi connectivity index (χ1) is 11.0. The number of Topliss-reactive ketones (excluding diaryl/α,β-unsaturated/α-hetero) is 4. The van der Waals surface area contributed by atoms with Gasteiger partial charge in [0.2, 0.25) is 0 Å². The Morgan fingerprint density at radius 2 is 1.33 bits per heavy atom. The summed E-state index contributed by atoms with van der Waals surface area (Å²) in [5, 5.41) is 0. The van der Waals surface area contributed by atoms with Gasteiger partial charge in [-0.05, 0) is 41.0 Å². The molecule has 0 saturated carbocycles. The van der Waals surface area contributed by atoms with Crippen molar-refractivity contribution in [2.24, 2.45) is 10.8 Å². The van der Waals surface area contributed by atoms with Gasteiger partial charge in [0.15, 0.2) is 5.78 Å². The van der Waals surface area contributed by atoms with Crippen LogP contribution in [-0.2, 0) is 14.4 Å². The maximum atomic E-state index is 12.9. The fraction of sp³-hybridized carbons (Fsp3) is 0.400. The van der Waals surface area contributed by atoms with Crippen molar-refractivity contribution in [3.8, 4) is 0 Å². The minimum absolute atomic E-state index is 0.0499. The Labute approximate surface area is 142 Å². The van der Waals surface area contributed by atoms with Crippen LogP contribution in [0.2, 0.25) is 0 Å². The van der Waals surface area contributed by atoms with Gasteiger partial charge in [0, 0.05) is 5.56 Å². The second kappa shape index (κ2) is 7.04. The normalized spacial score (nSPS) is 13.7. The molecule has 0 radical (unpaired) electrons. The Morgan fingerprint density at radius 3 is 1.71 bits per heavy atom. The summed E-state index contributed by atoms with van der Waals surface area (Å²) in [6.45, 7) is 10.9. The van der Waals surface area contributed by atoms with E-state index < -0.39 is 10.8 Å². The molecule has 0 heterocycles. The zero-order chi connectivity index (χ0) is 18.7. The highest BCUT2D eigenvalue weighted by Gasteiger charge is 2.45. The molecule has 1 unspecified atom stereocenters. The van der Waals surface area contributed by atoms with Gasteiger partial charge in [0.25, 0.3) is 0 Å². The lowest BCUT2D eigenvalue weighted by atomic mass is 9.66. The van der Waals surface area contributed by atoms with Gasteiger partial charge in [-0.25, -0.2) is 0 Å². The molecule has 0 spiro atoms. The summed E-state index contributed by atoms with van der Waals surface area (Å²) < 4.78 is 0. The highest BCUT2D eigenvalue weighted by atomic mass is 16.2. The van der Waals surface area contributed by atoms with Gasteiger partial charge >= 0.3 is 0 Å². The molecule has 4 nitrogen and oxygen atoms in total. The molecule has 0 aliphatic heterocycles. The second-order valence-corrected chi connectivity index (χ2v) is 6.60. The van der Waals surface area contributed by atoms with Crippen molar-refractivity contribution < 1.29 is 19.2 Å². The van der Waals surface area contributed by atoms with Gasteiger partial charge in [-0.2, -0.15) is 0 Å². The Hall–Kier alpha value is -2.36. The molecule has 4 heteroatoms. The van der Waals surface area contributed by atoms with Crippen LogP contribution < -0.4 is 0 Å². The molecular formula is C20H24O4. The Bertz CT molecular complexity index is 686. The molecule has 0 aromatic heterocycles. The van der Waals surface area contributed by atoms with Crippen LogP contribution in [0.15, 0.2) is 42.5 Å². The lowest BCUT2D eigenvalue weighted by Crippen LogP contribution is -2.41. The van der Waals surface area contributed by atoms with Gasteiger partial charge in [0.1, 0.15) is 22.8 Å². The summed E-state index contributed by atoms with van der Waals surface area (Å²) >= 11 is 0. The lowest BCUT2D eigenvalue weighted by molar-refractivity contribution is -0.135. The third-order valence-corrected chi connectivity index (χ3v) is 5.00. The minimum atomic E-state index is -1.40. The summed E-state index contributed by atoms with van der Waals surface area (Å²) in [4.78, 5) is 49.1. The minimum Gasteiger partial charge on any atom is -0.299 e. The molecule has 0 N–H and O–H groups in total. The van der Waals surface area contributed by atoms with Crippen LogP contribution in [-0.4, -0.2) is 23.1 Å². The Balaban J connectivity index is 3.29. The van der Waals surface area contributed by atoms with E-state index in [1.165, 1.54) is 34.6 Å². The van der Waals surface area contributed by atoms with E-state index in [2.05, 4.69) is 6.58 Å². The molecule has 0 bridgehead atoms. The predicted octanol–water partition coefficient (Wildman–Crippen LogP) is 3.60. The van der Waals surface area contributed by atoms with Crippen molar-refractivity contribution in [1.82, 2.24) is 0 Å². The smallest absolute Gasteiger partial charge is 0.176 e. The molecule has 0 saturated heterocycles. The lowest BCUT2D eigenvalue weighted by Gasteiger charge is -2.33. The number of benzene rings is 1. The number of rotatable bonds is 8. The summed E-state index contributed by atoms with van der Waals surface area (Å²) in [6.07, 6.45) is -0.0499. The fourth-order valence-corrected chi connectivity index (χ4v) is 2.62. The van der Waals surface area contributed by atoms with Gasteiger partial charge < -0.3 is 0 Å². The molecule has 0 aliphatic carbocycles. The van der Waals surface area contributed by atoms with E-state index in [1.54, 1.807) is 30.3 Å². The van der Waals surface area contributed by atoms with Crippen LogP contribution in [0.4, 0.5) is 0 Å². The third kappa shape index (κ3) is 3.42. The van der Waals surface area contributed by atoms with Crippen LogP contribution >= 0.6 is 0 Å². The molecule has 1 aromatic rings. The molecule has 24 heavy (non-hydrogen) atoms. The summed E-state index contributed by atoms with van der Waals surface area (Å²) in [5.74, 6) is -1.37. The largest absolute Gasteiger partial charge is 0.299 e. The number of hydrogen-bond donors (Lipinski definition) is 0. The number of carbonyl (C=O) groups excluding carboxylic acids is 4. The van der Waals surface area contributed by atoms with Gasteiger partial charge in [-0.15, -0.1) is 0 Å². The van der Waals surface area contributed by atoms with Crippen LogP contribution in [0, 0.1) is 10.8 Å². The van der Waals surface area contributed by atoms with E-state index in [0.717, 1.165) is 0 Å². The van der Waals surface area contributed by atoms with E-state index in [4.69, 9.17) is 0 Å². The van der Waals surface area contributed by atoms with E-state index in [0.29, 0.717) is 5.56 Å². The summed E-state index contributed by atoms with van der Waals surface area (Å²) in [7, 11) is 0. The maximum Gasteiger partial charge on any atom is 0.176 e. The summed E-state index contributed by atoms with van der Waals surface area (Å²) in [6, 6.07) is 8.50. The molecule has 0 fully saturated rings. The van der Waals surface area contributed by atoms with Crippen molar-refractivity contribution >= 4 is 23.1 Å². The molecule has 1 atom stereocenters. The van der Waals surface area contributed by atoms with Crippen molar-refractivity contribution in [1.29, 1.82) is 0 Å². The van der Waals surface area contributed by atoms with E-state index in [-0.39, 0.29) is 35.1 Å². The zero-order valence-electron chi connectivity index (χ0n) is 14.9. The Kier molecular flexibility index (Phi) is 5.77. The zero-order valence-corrected chi connectivity index (χ0v) is 14.9. The van der Waals surface area contributed by atoms with Crippen LogP contribution in [0.5, 0.6) is 0 Å². The van der Waals surface area contributed by atoms with Crippen LogP contribution in [0.1, 0.15) is 51.4 Å². The van der Waals surface area contributed by atoms with Crippen LogP contribution in [0.25, 0.3) is 0 Å². The first kappa shape index (κ1) is 19.7. The number of allylic oxidation sites excluding steroid dienone is 1. The fourth-order valence-electron chi connectivity index (χ4n) is 2.62. The van der Waals surface area contributed by atoms with Gasteiger partial charge in [-0.3, -0.25) is 19.2 Å². The van der Waals surface area contributed by atoms with Crippen molar-refractivity contribution in [3.63, 3.8) is 0 Å². The first-order valence-electron chi connectivity index (χ1n) is 7.79. The maximum absolute atomic E-state index is 12.9. The number of carbonyl (C=O) groups is 4. The Morgan fingerprint density at radius 1 is 0.875 bits per heavy atom. The van der Waals surface area contributed by atoms with E-state index in [9.17, 15) is 19.2 Å². The van der Waals surface area contributed by atoms with E-state index >= 15 is 0 Å². The predicted molar refractivity (Wildman–Crippen MR) is 92.8 cm³/mol.